The maximum absolute atomic E-state index is 11.4. The summed E-state index contributed by atoms with van der Waals surface area (Å²) in [6.07, 6.45) is 3.98. The van der Waals surface area contributed by atoms with E-state index in [0.29, 0.717) is 6.54 Å². The van der Waals surface area contributed by atoms with Gasteiger partial charge in [-0.15, -0.1) is 0 Å². The van der Waals surface area contributed by atoms with Crippen molar-refractivity contribution in [2.24, 2.45) is 13.0 Å². The number of aryl methyl sites for hydroxylation is 1. The molecule has 0 unspecified atom stereocenters. The summed E-state index contributed by atoms with van der Waals surface area (Å²) in [5.74, 6) is 0.764. The first-order valence-electron chi connectivity index (χ1n) is 5.90. The van der Waals surface area contributed by atoms with Crippen molar-refractivity contribution in [3.63, 3.8) is 0 Å². The molecule has 0 radical (unpaired) electrons. The average molecular weight is 226 g/mol. The SMILES string of the molecule is CC(C)CCCNCCn1ncn(C)c1=O. The molecular formula is C11H22N4O. The molecule has 92 valence electrons. The van der Waals surface area contributed by atoms with E-state index in [1.54, 1.807) is 13.4 Å². The lowest BCUT2D eigenvalue weighted by atomic mass is 10.1. The minimum Gasteiger partial charge on any atom is -0.315 e. The number of nitrogens with zero attached hydrogens (tertiary/aromatic N) is 3. The molecule has 16 heavy (non-hydrogen) atoms. The minimum absolute atomic E-state index is 0.0519. The Labute approximate surface area is 96.5 Å². The zero-order chi connectivity index (χ0) is 12.0. The Kier molecular flexibility index (Phi) is 5.25. The van der Waals surface area contributed by atoms with Crippen molar-refractivity contribution in [2.75, 3.05) is 13.1 Å². The van der Waals surface area contributed by atoms with Crippen LogP contribution in [-0.4, -0.2) is 27.4 Å². The van der Waals surface area contributed by atoms with E-state index >= 15 is 0 Å². The first-order valence-corrected chi connectivity index (χ1v) is 5.90. The van der Waals surface area contributed by atoms with Gasteiger partial charge in [-0.3, -0.25) is 4.57 Å². The highest BCUT2D eigenvalue weighted by molar-refractivity contribution is 4.65. The smallest absolute Gasteiger partial charge is 0.315 e. The molecule has 5 heteroatoms. The molecule has 0 aliphatic heterocycles. The predicted molar refractivity (Wildman–Crippen MR) is 64.4 cm³/mol. The predicted octanol–water partition coefficient (Wildman–Crippen LogP) is 0.608. The molecule has 1 heterocycles. The minimum atomic E-state index is -0.0519. The topological polar surface area (TPSA) is 51.9 Å². The molecule has 0 aliphatic rings. The Balaban J connectivity index is 2.12. The standard InChI is InChI=1S/C11H22N4O/c1-10(2)5-4-6-12-7-8-15-11(16)14(3)9-13-15/h9-10,12H,4-8H2,1-3H3. The lowest BCUT2D eigenvalue weighted by molar-refractivity contribution is 0.498. The van der Waals surface area contributed by atoms with Gasteiger partial charge in [0.1, 0.15) is 6.33 Å². The monoisotopic (exact) mass is 226 g/mol. The molecule has 0 atom stereocenters. The van der Waals surface area contributed by atoms with Gasteiger partial charge < -0.3 is 5.32 Å². The van der Waals surface area contributed by atoms with E-state index in [1.807, 2.05) is 0 Å². The molecule has 0 saturated carbocycles. The second-order valence-electron chi connectivity index (χ2n) is 4.53. The summed E-state index contributed by atoms with van der Waals surface area (Å²) in [6.45, 7) is 6.91. The molecule has 0 bridgehead atoms. The summed E-state index contributed by atoms with van der Waals surface area (Å²) in [6, 6.07) is 0. The zero-order valence-electron chi connectivity index (χ0n) is 10.4. The summed E-state index contributed by atoms with van der Waals surface area (Å²) >= 11 is 0. The van der Waals surface area contributed by atoms with Crippen molar-refractivity contribution in [2.45, 2.75) is 33.2 Å². The van der Waals surface area contributed by atoms with Crippen LogP contribution in [0.25, 0.3) is 0 Å². The van der Waals surface area contributed by atoms with Crippen LogP contribution in [0.15, 0.2) is 11.1 Å². The Bertz CT molecular complexity index is 353. The van der Waals surface area contributed by atoms with Crippen molar-refractivity contribution in [3.8, 4) is 0 Å². The van der Waals surface area contributed by atoms with Gasteiger partial charge in [-0.25, -0.2) is 9.48 Å². The number of hydrogen-bond donors (Lipinski definition) is 1. The zero-order valence-corrected chi connectivity index (χ0v) is 10.4. The van der Waals surface area contributed by atoms with Gasteiger partial charge in [-0.1, -0.05) is 13.8 Å². The summed E-state index contributed by atoms with van der Waals surface area (Å²) < 4.78 is 2.97. The largest absolute Gasteiger partial charge is 0.345 e. The number of hydrogen-bond acceptors (Lipinski definition) is 3. The van der Waals surface area contributed by atoms with E-state index in [-0.39, 0.29) is 5.69 Å². The second kappa shape index (κ2) is 6.48. The van der Waals surface area contributed by atoms with Crippen LogP contribution in [0.2, 0.25) is 0 Å². The average Bonchev–Trinajstić information content (AvgIpc) is 2.54. The van der Waals surface area contributed by atoms with Crippen molar-refractivity contribution < 1.29 is 0 Å². The van der Waals surface area contributed by atoms with E-state index in [9.17, 15) is 4.79 Å². The van der Waals surface area contributed by atoms with Crippen molar-refractivity contribution in [1.29, 1.82) is 0 Å². The molecular weight excluding hydrogens is 204 g/mol. The van der Waals surface area contributed by atoms with Gasteiger partial charge in [0.25, 0.3) is 0 Å². The Morgan fingerprint density at radius 3 is 2.75 bits per heavy atom. The lowest BCUT2D eigenvalue weighted by Gasteiger charge is -2.06. The third-order valence-electron chi connectivity index (χ3n) is 2.52. The first-order chi connectivity index (χ1) is 7.61. The van der Waals surface area contributed by atoms with Gasteiger partial charge in [0.15, 0.2) is 0 Å². The molecule has 0 aromatic carbocycles. The van der Waals surface area contributed by atoms with Crippen LogP contribution < -0.4 is 11.0 Å². The van der Waals surface area contributed by atoms with Gasteiger partial charge in [0.05, 0.1) is 6.54 Å². The van der Waals surface area contributed by atoms with Gasteiger partial charge >= 0.3 is 5.69 Å². The number of nitrogens with one attached hydrogen (secondary N) is 1. The number of rotatable bonds is 7. The molecule has 0 fully saturated rings. The summed E-state index contributed by atoms with van der Waals surface area (Å²) in [4.78, 5) is 11.4. The summed E-state index contributed by atoms with van der Waals surface area (Å²) in [7, 11) is 1.71. The molecule has 5 nitrogen and oxygen atoms in total. The molecule has 1 aromatic rings. The van der Waals surface area contributed by atoms with Crippen molar-refractivity contribution in [3.05, 3.63) is 16.8 Å². The Hall–Kier alpha value is -1.10. The second-order valence-corrected chi connectivity index (χ2v) is 4.53. The van der Waals surface area contributed by atoms with Gasteiger partial charge in [0, 0.05) is 13.6 Å². The molecule has 1 N–H and O–H groups in total. The van der Waals surface area contributed by atoms with Crippen LogP contribution in [0, 0.1) is 5.92 Å². The molecule has 0 saturated heterocycles. The van der Waals surface area contributed by atoms with E-state index < -0.39 is 0 Å². The van der Waals surface area contributed by atoms with Crippen LogP contribution >= 0.6 is 0 Å². The highest BCUT2D eigenvalue weighted by Crippen LogP contribution is 2.01. The maximum atomic E-state index is 11.4. The quantitative estimate of drug-likeness (QED) is 0.693. The van der Waals surface area contributed by atoms with Gasteiger partial charge in [-0.05, 0) is 25.3 Å². The van der Waals surface area contributed by atoms with Crippen molar-refractivity contribution >= 4 is 0 Å². The first kappa shape index (κ1) is 13.0. The Morgan fingerprint density at radius 2 is 2.19 bits per heavy atom. The fourth-order valence-electron chi connectivity index (χ4n) is 1.52. The lowest BCUT2D eigenvalue weighted by Crippen LogP contribution is -2.29. The summed E-state index contributed by atoms with van der Waals surface area (Å²) in [5, 5.41) is 7.31. The highest BCUT2D eigenvalue weighted by atomic mass is 16.2. The normalized spacial score (nSPS) is 11.2. The van der Waals surface area contributed by atoms with Crippen molar-refractivity contribution in [1.82, 2.24) is 19.7 Å². The number of aromatic nitrogens is 3. The van der Waals surface area contributed by atoms with E-state index in [0.717, 1.165) is 19.0 Å². The van der Waals surface area contributed by atoms with Crippen LogP contribution in [-0.2, 0) is 13.6 Å². The van der Waals surface area contributed by atoms with Gasteiger partial charge in [-0.2, -0.15) is 5.10 Å². The van der Waals surface area contributed by atoms with Crippen LogP contribution in [0.1, 0.15) is 26.7 Å². The molecule has 0 amide bonds. The highest BCUT2D eigenvalue weighted by Gasteiger charge is 2.00. The maximum Gasteiger partial charge on any atom is 0.345 e. The van der Waals surface area contributed by atoms with E-state index in [4.69, 9.17) is 0 Å². The molecule has 1 aromatic heterocycles. The fraction of sp³-hybridized carbons (Fsp3) is 0.818. The Morgan fingerprint density at radius 1 is 1.44 bits per heavy atom. The van der Waals surface area contributed by atoms with Crippen LogP contribution in [0.3, 0.4) is 0 Å². The third-order valence-corrected chi connectivity index (χ3v) is 2.52. The third kappa shape index (κ3) is 4.18. The van der Waals surface area contributed by atoms with E-state index in [1.165, 1.54) is 22.1 Å². The fourth-order valence-corrected chi connectivity index (χ4v) is 1.52. The van der Waals surface area contributed by atoms with Crippen LogP contribution in [0.5, 0.6) is 0 Å². The van der Waals surface area contributed by atoms with E-state index in [2.05, 4.69) is 24.3 Å². The van der Waals surface area contributed by atoms with Gasteiger partial charge in [0.2, 0.25) is 0 Å². The van der Waals surface area contributed by atoms with Crippen LogP contribution in [0.4, 0.5) is 0 Å². The molecule has 1 rings (SSSR count). The molecule has 0 aliphatic carbocycles. The summed E-state index contributed by atoms with van der Waals surface area (Å²) in [5.41, 5.74) is -0.0519. The molecule has 0 spiro atoms.